The maximum atomic E-state index is 13.9. The molecule has 37 heavy (non-hydrogen) atoms. The number of nitrogens with zero attached hydrogens (tertiary/aromatic N) is 3. The first kappa shape index (κ1) is 24.1. The number of halogens is 4. The molecule has 0 spiro atoms. The molecule has 1 aromatic carbocycles. The number of aromatic amines is 1. The van der Waals surface area contributed by atoms with Crippen molar-refractivity contribution < 1.29 is 22.4 Å². The second-order valence-electron chi connectivity index (χ2n) is 8.29. The first-order valence-corrected chi connectivity index (χ1v) is 11.3. The van der Waals surface area contributed by atoms with Crippen molar-refractivity contribution in [3.05, 3.63) is 96.5 Å². The van der Waals surface area contributed by atoms with Crippen molar-refractivity contribution in [3.63, 3.8) is 0 Å². The zero-order valence-electron chi connectivity index (χ0n) is 19.1. The number of hydrogen-bond donors (Lipinski definition) is 2. The number of carbonyl (C=O) groups excluding carboxylic acids is 1. The Balaban J connectivity index is 1.52. The third-order valence-electron chi connectivity index (χ3n) is 5.82. The predicted octanol–water partition coefficient (Wildman–Crippen LogP) is 6.34. The molecule has 0 bridgehead atoms. The van der Waals surface area contributed by atoms with E-state index in [2.05, 4.69) is 25.3 Å². The van der Waals surface area contributed by atoms with Crippen molar-refractivity contribution in [1.82, 2.24) is 19.9 Å². The van der Waals surface area contributed by atoms with Crippen LogP contribution >= 0.6 is 0 Å². The lowest BCUT2D eigenvalue weighted by Crippen LogP contribution is -2.23. The number of alkyl halides is 2. The second kappa shape index (κ2) is 10.2. The van der Waals surface area contributed by atoms with Crippen LogP contribution < -0.4 is 5.32 Å². The number of carbonyl (C=O) groups is 1. The summed E-state index contributed by atoms with van der Waals surface area (Å²) < 4.78 is 53.7. The number of H-pyrrole nitrogens is 1. The van der Waals surface area contributed by atoms with Gasteiger partial charge in [-0.15, -0.1) is 0 Å². The van der Waals surface area contributed by atoms with Crippen LogP contribution in [0.3, 0.4) is 0 Å². The zero-order valence-corrected chi connectivity index (χ0v) is 19.1. The van der Waals surface area contributed by atoms with Gasteiger partial charge in [0.1, 0.15) is 17.5 Å². The fourth-order valence-electron chi connectivity index (χ4n) is 4.16. The second-order valence-corrected chi connectivity index (χ2v) is 8.29. The van der Waals surface area contributed by atoms with Gasteiger partial charge in [0, 0.05) is 30.4 Å². The first-order chi connectivity index (χ1) is 17.9. The lowest BCUT2D eigenvalue weighted by atomic mass is 9.95. The number of rotatable bonds is 7. The van der Waals surface area contributed by atoms with E-state index in [0.717, 1.165) is 18.3 Å². The van der Waals surface area contributed by atoms with E-state index in [1.165, 1.54) is 24.4 Å². The van der Waals surface area contributed by atoms with Gasteiger partial charge in [-0.2, -0.15) is 0 Å². The van der Waals surface area contributed by atoms with Gasteiger partial charge in [0.15, 0.2) is 0 Å². The Morgan fingerprint density at radius 3 is 2.46 bits per heavy atom. The molecule has 6 nitrogen and oxygen atoms in total. The maximum absolute atomic E-state index is 13.9. The molecule has 1 unspecified atom stereocenters. The van der Waals surface area contributed by atoms with E-state index in [4.69, 9.17) is 0 Å². The van der Waals surface area contributed by atoms with Crippen LogP contribution in [0.1, 0.15) is 17.9 Å². The number of anilines is 1. The molecule has 0 aliphatic heterocycles. The monoisotopic (exact) mass is 505 g/mol. The summed E-state index contributed by atoms with van der Waals surface area (Å²) in [6.07, 6.45) is 0.703. The molecule has 4 aromatic heterocycles. The normalized spacial score (nSPS) is 12.1. The van der Waals surface area contributed by atoms with E-state index in [-0.39, 0.29) is 11.4 Å². The third kappa shape index (κ3) is 5.18. The number of aromatic nitrogens is 4. The minimum atomic E-state index is -2.75. The molecule has 2 N–H and O–H groups in total. The number of hydrogen-bond acceptors (Lipinski definition) is 4. The van der Waals surface area contributed by atoms with Crippen molar-refractivity contribution in [1.29, 1.82) is 0 Å². The summed E-state index contributed by atoms with van der Waals surface area (Å²) in [7, 11) is 0. The lowest BCUT2D eigenvalue weighted by Gasteiger charge is -2.17. The van der Waals surface area contributed by atoms with Crippen molar-refractivity contribution in [3.8, 4) is 22.5 Å². The van der Waals surface area contributed by atoms with E-state index in [9.17, 15) is 22.4 Å². The van der Waals surface area contributed by atoms with Gasteiger partial charge >= 0.3 is 0 Å². The minimum absolute atomic E-state index is 0.119. The van der Waals surface area contributed by atoms with Gasteiger partial charge in [-0.1, -0.05) is 18.2 Å². The summed E-state index contributed by atoms with van der Waals surface area (Å²) in [4.78, 5) is 29.0. The highest BCUT2D eigenvalue weighted by Crippen LogP contribution is 2.37. The number of amides is 1. The van der Waals surface area contributed by atoms with Crippen LogP contribution in [0, 0.1) is 11.6 Å². The summed E-state index contributed by atoms with van der Waals surface area (Å²) in [6, 6.07) is 14.8. The van der Waals surface area contributed by atoms with Gasteiger partial charge in [0.25, 0.3) is 0 Å². The van der Waals surface area contributed by atoms with Gasteiger partial charge in [-0.3, -0.25) is 14.8 Å². The molecular formula is C27H19F4N5O. The van der Waals surface area contributed by atoms with Gasteiger partial charge in [-0.25, -0.2) is 22.5 Å². The molecule has 186 valence electrons. The Bertz CT molecular complexity index is 1550. The molecule has 0 aliphatic carbocycles. The van der Waals surface area contributed by atoms with E-state index in [1.54, 1.807) is 30.5 Å². The van der Waals surface area contributed by atoms with Gasteiger partial charge in [0.05, 0.1) is 40.1 Å². The number of nitrogens with one attached hydrogen (secondary N) is 2. The highest BCUT2D eigenvalue weighted by Gasteiger charge is 2.26. The van der Waals surface area contributed by atoms with Crippen molar-refractivity contribution in [2.75, 3.05) is 5.32 Å². The number of benzene rings is 1. The molecular weight excluding hydrogens is 486 g/mol. The molecule has 0 fully saturated rings. The number of pyridine rings is 3. The average molecular weight is 505 g/mol. The summed E-state index contributed by atoms with van der Waals surface area (Å²) in [5.74, 6) is -2.85. The standard InChI is InChI=1S/C27H19F4N5O/c28-17-6-4-15(5-7-17)19(13-22(30)31)27(37)36-23-11-16(8-10-33-23)25-24(20-3-1-2-9-32-20)26-21(35-25)12-18(29)14-34-26/h1-12,14,19,22,35H,13H2,(H,33,36,37). The quantitative estimate of drug-likeness (QED) is 0.253. The highest BCUT2D eigenvalue weighted by atomic mass is 19.3. The van der Waals surface area contributed by atoms with E-state index >= 15 is 0 Å². The van der Waals surface area contributed by atoms with Crippen LogP contribution in [0.2, 0.25) is 0 Å². The van der Waals surface area contributed by atoms with Crippen LogP contribution in [0.25, 0.3) is 33.5 Å². The predicted molar refractivity (Wildman–Crippen MR) is 131 cm³/mol. The van der Waals surface area contributed by atoms with Crippen LogP contribution in [0.5, 0.6) is 0 Å². The van der Waals surface area contributed by atoms with Crippen LogP contribution in [0.4, 0.5) is 23.4 Å². The highest BCUT2D eigenvalue weighted by molar-refractivity contribution is 6.01. The van der Waals surface area contributed by atoms with Gasteiger partial charge < -0.3 is 10.3 Å². The van der Waals surface area contributed by atoms with Gasteiger partial charge in [-0.05, 0) is 42.0 Å². The molecule has 0 radical (unpaired) electrons. The maximum Gasteiger partial charge on any atom is 0.239 e. The van der Waals surface area contributed by atoms with Crippen molar-refractivity contribution in [2.24, 2.45) is 0 Å². The molecule has 1 amide bonds. The largest absolute Gasteiger partial charge is 0.353 e. The Hall–Kier alpha value is -4.60. The zero-order chi connectivity index (χ0) is 25.9. The molecule has 5 rings (SSSR count). The van der Waals surface area contributed by atoms with Gasteiger partial charge in [0.2, 0.25) is 12.3 Å². The lowest BCUT2D eigenvalue weighted by molar-refractivity contribution is -0.118. The molecule has 0 saturated carbocycles. The molecule has 0 saturated heterocycles. The van der Waals surface area contributed by atoms with E-state index in [0.29, 0.717) is 33.5 Å². The summed E-state index contributed by atoms with van der Waals surface area (Å²) in [5, 5.41) is 2.59. The van der Waals surface area contributed by atoms with Crippen molar-refractivity contribution >= 4 is 22.8 Å². The Labute approximate surface area is 208 Å². The Kier molecular flexibility index (Phi) is 6.63. The summed E-state index contributed by atoms with van der Waals surface area (Å²) in [6.45, 7) is 0. The Morgan fingerprint density at radius 2 is 1.73 bits per heavy atom. The van der Waals surface area contributed by atoms with Crippen LogP contribution in [-0.2, 0) is 4.79 Å². The summed E-state index contributed by atoms with van der Waals surface area (Å²) in [5.41, 5.74) is 3.58. The number of fused-ring (bicyclic) bond motifs is 1. The fourth-order valence-corrected chi connectivity index (χ4v) is 4.16. The topological polar surface area (TPSA) is 83.6 Å². The fraction of sp³-hybridized carbons (Fsp3) is 0.111. The third-order valence-corrected chi connectivity index (χ3v) is 5.82. The minimum Gasteiger partial charge on any atom is -0.353 e. The molecule has 1 atom stereocenters. The first-order valence-electron chi connectivity index (χ1n) is 11.3. The van der Waals surface area contributed by atoms with E-state index in [1.807, 2.05) is 6.07 Å². The molecule has 10 heteroatoms. The van der Waals surface area contributed by atoms with Crippen LogP contribution in [0.15, 0.2) is 79.3 Å². The van der Waals surface area contributed by atoms with Crippen LogP contribution in [-0.4, -0.2) is 32.3 Å². The molecule has 0 aliphatic rings. The smallest absolute Gasteiger partial charge is 0.239 e. The average Bonchev–Trinajstić information content (AvgIpc) is 3.27. The van der Waals surface area contributed by atoms with Crippen molar-refractivity contribution in [2.45, 2.75) is 18.8 Å². The molecule has 5 aromatic rings. The Morgan fingerprint density at radius 1 is 0.919 bits per heavy atom. The van der Waals surface area contributed by atoms with E-state index < -0.39 is 36.3 Å². The SMILES string of the molecule is O=C(Nc1cc(-c2[nH]c3cc(F)cnc3c2-c2ccccn2)ccn1)C(CC(F)F)c1ccc(F)cc1. The molecule has 4 heterocycles. The summed E-state index contributed by atoms with van der Waals surface area (Å²) >= 11 is 0.